The minimum Gasteiger partial charge on any atom is -0.335 e. The van der Waals surface area contributed by atoms with Gasteiger partial charge in [-0.15, -0.1) is 0 Å². The lowest BCUT2D eigenvalue weighted by Gasteiger charge is -2.39. The maximum atomic E-state index is 12.2. The van der Waals surface area contributed by atoms with Crippen LogP contribution >= 0.6 is 0 Å². The Labute approximate surface area is 145 Å². The normalized spacial score (nSPS) is 20.8. The van der Waals surface area contributed by atoms with E-state index in [0.717, 1.165) is 49.0 Å². The topological polar surface area (TPSA) is 57.3 Å². The molecule has 0 aromatic carbocycles. The number of rotatable bonds is 3. The van der Waals surface area contributed by atoms with Crippen LogP contribution in [-0.2, 0) is 0 Å². The van der Waals surface area contributed by atoms with Crippen molar-refractivity contribution in [1.29, 1.82) is 0 Å². The number of hydrogen-bond donors (Lipinski definition) is 2. The van der Waals surface area contributed by atoms with Crippen LogP contribution in [0.2, 0.25) is 0 Å². The highest BCUT2D eigenvalue weighted by atomic mass is 16.2. The van der Waals surface area contributed by atoms with E-state index in [9.17, 15) is 4.79 Å². The van der Waals surface area contributed by atoms with Gasteiger partial charge in [0.1, 0.15) is 0 Å². The predicted octanol–water partition coefficient (Wildman–Crippen LogP) is 3.62. The summed E-state index contributed by atoms with van der Waals surface area (Å²) in [5, 5.41) is 6.06. The summed E-state index contributed by atoms with van der Waals surface area (Å²) in [6.45, 7) is 6.10. The highest BCUT2D eigenvalue weighted by Gasteiger charge is 2.26. The Morgan fingerprint density at radius 2 is 1.79 bits per heavy atom. The number of anilines is 1. The Kier molecular flexibility index (Phi) is 5.72. The second-order valence-electron chi connectivity index (χ2n) is 7.29. The first kappa shape index (κ1) is 17.2. The van der Waals surface area contributed by atoms with Gasteiger partial charge in [0.15, 0.2) is 0 Å². The molecule has 0 atom stereocenters. The molecular weight excluding hydrogens is 300 g/mol. The second kappa shape index (κ2) is 7.97. The van der Waals surface area contributed by atoms with Gasteiger partial charge in [-0.25, -0.2) is 4.79 Å². The summed E-state index contributed by atoms with van der Waals surface area (Å²) in [5.74, 6) is 0. The highest BCUT2D eigenvalue weighted by molar-refractivity contribution is 5.89. The third kappa shape index (κ3) is 4.47. The number of likely N-dealkylation sites (tertiary alicyclic amines) is 1. The van der Waals surface area contributed by atoms with Crippen molar-refractivity contribution in [3.8, 4) is 0 Å². The Balaban J connectivity index is 1.44. The molecule has 1 aliphatic carbocycles. The maximum Gasteiger partial charge on any atom is 0.319 e. The van der Waals surface area contributed by atoms with Crippen molar-refractivity contribution in [2.45, 2.75) is 70.9 Å². The van der Waals surface area contributed by atoms with Gasteiger partial charge in [-0.05, 0) is 51.7 Å². The van der Waals surface area contributed by atoms with Crippen molar-refractivity contribution in [2.75, 3.05) is 18.4 Å². The molecule has 24 heavy (non-hydrogen) atoms. The molecule has 5 heteroatoms. The number of carbonyl (C=O) groups is 1. The molecule has 0 unspecified atom stereocenters. The van der Waals surface area contributed by atoms with Crippen LogP contribution in [0.1, 0.15) is 56.3 Å². The van der Waals surface area contributed by atoms with Crippen LogP contribution in [0.5, 0.6) is 0 Å². The van der Waals surface area contributed by atoms with Crippen LogP contribution in [0.4, 0.5) is 10.5 Å². The van der Waals surface area contributed by atoms with E-state index in [1.165, 1.54) is 32.1 Å². The Hall–Kier alpha value is -1.62. The van der Waals surface area contributed by atoms with Crippen LogP contribution in [-0.4, -0.2) is 41.1 Å². The average Bonchev–Trinajstić information content (AvgIpc) is 2.59. The van der Waals surface area contributed by atoms with E-state index < -0.39 is 0 Å². The fourth-order valence-electron chi connectivity index (χ4n) is 4.02. The molecule has 1 saturated carbocycles. The zero-order valence-corrected chi connectivity index (χ0v) is 15.0. The molecule has 2 fully saturated rings. The van der Waals surface area contributed by atoms with Crippen LogP contribution in [0.25, 0.3) is 0 Å². The number of aryl methyl sites for hydroxylation is 2. The number of nitrogens with zero attached hydrogens (tertiary/aromatic N) is 2. The zero-order valence-electron chi connectivity index (χ0n) is 15.0. The molecule has 1 aromatic rings. The summed E-state index contributed by atoms with van der Waals surface area (Å²) in [7, 11) is 0. The SMILES string of the molecule is Cc1ccc(NC(=O)NC2CCN(C3CCCCC3)CC2)c(C)n1. The van der Waals surface area contributed by atoms with Gasteiger partial charge in [-0.1, -0.05) is 19.3 Å². The van der Waals surface area contributed by atoms with Crippen molar-refractivity contribution < 1.29 is 4.79 Å². The highest BCUT2D eigenvalue weighted by Crippen LogP contribution is 2.25. The smallest absolute Gasteiger partial charge is 0.319 e. The Morgan fingerprint density at radius 3 is 2.46 bits per heavy atom. The summed E-state index contributed by atoms with van der Waals surface area (Å²) in [6.07, 6.45) is 8.99. The summed E-state index contributed by atoms with van der Waals surface area (Å²) < 4.78 is 0. The standard InChI is InChI=1S/C19H30N4O/c1-14-8-9-18(15(2)20-14)22-19(24)21-16-10-12-23(13-11-16)17-6-4-3-5-7-17/h8-9,16-17H,3-7,10-13H2,1-2H3,(H2,21,22,24). The summed E-state index contributed by atoms with van der Waals surface area (Å²) in [6, 6.07) is 4.80. The number of carbonyl (C=O) groups excluding carboxylic acids is 1. The van der Waals surface area contributed by atoms with Gasteiger partial charge in [0.25, 0.3) is 0 Å². The fraction of sp³-hybridized carbons (Fsp3) is 0.684. The van der Waals surface area contributed by atoms with Crippen LogP contribution in [0.3, 0.4) is 0 Å². The largest absolute Gasteiger partial charge is 0.335 e. The van der Waals surface area contributed by atoms with Crippen molar-refractivity contribution in [3.05, 3.63) is 23.5 Å². The zero-order chi connectivity index (χ0) is 16.9. The molecule has 5 nitrogen and oxygen atoms in total. The number of hydrogen-bond acceptors (Lipinski definition) is 3. The molecule has 0 spiro atoms. The van der Waals surface area contributed by atoms with Gasteiger partial charge in [0.2, 0.25) is 0 Å². The molecule has 2 N–H and O–H groups in total. The Bertz CT molecular complexity index is 560. The predicted molar refractivity (Wildman–Crippen MR) is 97.3 cm³/mol. The third-order valence-electron chi connectivity index (χ3n) is 5.43. The lowest BCUT2D eigenvalue weighted by atomic mass is 9.92. The summed E-state index contributed by atoms with van der Waals surface area (Å²) in [4.78, 5) is 19.3. The minimum absolute atomic E-state index is 0.111. The van der Waals surface area contributed by atoms with Crippen molar-refractivity contribution in [1.82, 2.24) is 15.2 Å². The number of amides is 2. The van der Waals surface area contributed by atoms with Crippen molar-refractivity contribution in [2.24, 2.45) is 0 Å². The molecule has 3 rings (SSSR count). The first-order valence-corrected chi connectivity index (χ1v) is 9.37. The number of aromatic nitrogens is 1. The van der Waals surface area contributed by atoms with E-state index in [4.69, 9.17) is 0 Å². The lowest BCUT2D eigenvalue weighted by Crippen LogP contribution is -2.49. The van der Waals surface area contributed by atoms with Gasteiger partial charge in [0, 0.05) is 30.9 Å². The van der Waals surface area contributed by atoms with Crippen molar-refractivity contribution >= 4 is 11.7 Å². The number of piperidine rings is 1. The van der Waals surface area contributed by atoms with Crippen LogP contribution in [0, 0.1) is 13.8 Å². The lowest BCUT2D eigenvalue weighted by molar-refractivity contribution is 0.117. The Morgan fingerprint density at radius 1 is 1.08 bits per heavy atom. The summed E-state index contributed by atoms with van der Waals surface area (Å²) in [5.41, 5.74) is 2.61. The van der Waals surface area contributed by atoms with E-state index in [1.807, 2.05) is 26.0 Å². The molecule has 0 bridgehead atoms. The summed E-state index contributed by atoms with van der Waals surface area (Å²) >= 11 is 0. The van der Waals surface area contributed by atoms with E-state index >= 15 is 0 Å². The minimum atomic E-state index is -0.111. The average molecular weight is 330 g/mol. The van der Waals surface area contributed by atoms with Crippen LogP contribution in [0.15, 0.2) is 12.1 Å². The van der Waals surface area contributed by atoms with Gasteiger partial charge < -0.3 is 15.5 Å². The number of nitrogens with one attached hydrogen (secondary N) is 2. The van der Waals surface area contributed by atoms with E-state index in [2.05, 4.69) is 20.5 Å². The molecular formula is C19H30N4O. The molecule has 2 aliphatic rings. The second-order valence-corrected chi connectivity index (χ2v) is 7.29. The molecule has 0 radical (unpaired) electrons. The number of pyridine rings is 1. The van der Waals surface area contributed by atoms with Gasteiger partial charge in [0.05, 0.1) is 11.4 Å². The molecule has 1 saturated heterocycles. The molecule has 132 valence electrons. The molecule has 2 heterocycles. The van der Waals surface area contributed by atoms with Gasteiger partial charge >= 0.3 is 6.03 Å². The fourth-order valence-corrected chi connectivity index (χ4v) is 4.02. The quantitative estimate of drug-likeness (QED) is 0.890. The van der Waals surface area contributed by atoms with E-state index in [-0.39, 0.29) is 12.1 Å². The first-order chi connectivity index (χ1) is 11.6. The third-order valence-corrected chi connectivity index (χ3v) is 5.43. The molecule has 2 amide bonds. The van der Waals surface area contributed by atoms with Crippen molar-refractivity contribution in [3.63, 3.8) is 0 Å². The number of urea groups is 1. The van der Waals surface area contributed by atoms with Crippen LogP contribution < -0.4 is 10.6 Å². The molecule has 1 aromatic heterocycles. The first-order valence-electron chi connectivity index (χ1n) is 9.37. The maximum absolute atomic E-state index is 12.2. The van der Waals surface area contributed by atoms with Gasteiger partial charge in [-0.2, -0.15) is 0 Å². The monoisotopic (exact) mass is 330 g/mol. The van der Waals surface area contributed by atoms with E-state index in [0.29, 0.717) is 0 Å². The van der Waals surface area contributed by atoms with Gasteiger partial charge in [-0.3, -0.25) is 4.98 Å². The van der Waals surface area contributed by atoms with E-state index in [1.54, 1.807) is 0 Å². The molecule has 1 aliphatic heterocycles.